The Morgan fingerprint density at radius 3 is 1.74 bits per heavy atom. The van der Waals surface area contributed by atoms with Gasteiger partial charge in [0.1, 0.15) is 11.4 Å². The van der Waals surface area contributed by atoms with E-state index in [0.717, 1.165) is 66.2 Å². The minimum absolute atomic E-state index is 0.256. The van der Waals surface area contributed by atoms with Gasteiger partial charge in [0.15, 0.2) is 0 Å². The number of ether oxygens (including phenoxy) is 2. The number of aliphatic hydroxyl groups is 1. The monoisotopic (exact) mass is 872 g/mol. The molecule has 1 aliphatic rings. The lowest BCUT2D eigenvalue weighted by Crippen LogP contribution is -2.36. The molecule has 2 aromatic carbocycles. The van der Waals surface area contributed by atoms with E-state index >= 15 is 0 Å². The summed E-state index contributed by atoms with van der Waals surface area (Å²) in [6.45, 7) is 14.5. The highest BCUT2D eigenvalue weighted by Gasteiger charge is 2.39. The van der Waals surface area contributed by atoms with Gasteiger partial charge in [0.05, 0.1) is 33.4 Å². The molecule has 242 valence electrons. The fraction of sp³-hybridized carbons (Fsp3) is 0.625. The molecule has 1 fully saturated rings. The maximum absolute atomic E-state index is 12.1. The highest BCUT2D eigenvalue weighted by atomic mass is 79.9. The number of benzene rings is 2. The molecule has 2 N–H and O–H groups in total. The van der Waals surface area contributed by atoms with Gasteiger partial charge < -0.3 is 24.0 Å². The largest absolute Gasteiger partial charge is 0.485 e. The highest BCUT2D eigenvalue weighted by molar-refractivity contribution is 9.11. The van der Waals surface area contributed by atoms with Crippen molar-refractivity contribution in [2.24, 2.45) is 0 Å². The zero-order valence-electron chi connectivity index (χ0n) is 26.1. The topological polar surface area (TPSA) is 88.5 Å². The lowest BCUT2D eigenvalue weighted by atomic mass is 9.77. The summed E-state index contributed by atoms with van der Waals surface area (Å²) in [6.07, 6.45) is 3.84. The normalized spacial score (nSPS) is 17.9. The van der Waals surface area contributed by atoms with Crippen LogP contribution < -0.4 is 4.74 Å². The molecule has 6 nitrogen and oxygen atoms in total. The molecule has 3 unspecified atom stereocenters. The van der Waals surface area contributed by atoms with Crippen molar-refractivity contribution >= 4 is 71.3 Å². The Morgan fingerprint density at radius 2 is 1.35 bits per heavy atom. The van der Waals surface area contributed by atoms with Crippen molar-refractivity contribution in [1.82, 2.24) is 0 Å². The van der Waals surface area contributed by atoms with Gasteiger partial charge in [-0.1, -0.05) is 73.4 Å². The van der Waals surface area contributed by atoms with Crippen LogP contribution in [0.25, 0.3) is 0 Å². The maximum Gasteiger partial charge on any atom is 0.325 e. The Balaban J connectivity index is 1.86. The lowest BCUT2D eigenvalue weighted by molar-refractivity contribution is -0.00139. The van der Waals surface area contributed by atoms with E-state index in [4.69, 9.17) is 14.0 Å². The molecule has 11 heteroatoms. The van der Waals surface area contributed by atoms with Crippen molar-refractivity contribution < 1.29 is 28.6 Å². The summed E-state index contributed by atoms with van der Waals surface area (Å²) in [5, 5.41) is 11.1. The van der Waals surface area contributed by atoms with Gasteiger partial charge in [-0.2, -0.15) is 0 Å². The van der Waals surface area contributed by atoms with E-state index < -0.39 is 19.3 Å². The summed E-state index contributed by atoms with van der Waals surface area (Å²) < 4.78 is 33.4. The summed E-state index contributed by atoms with van der Waals surface area (Å²) in [7, 11) is -3.71. The fourth-order valence-corrected chi connectivity index (χ4v) is 9.60. The van der Waals surface area contributed by atoms with Crippen LogP contribution >= 0.6 is 71.3 Å². The van der Waals surface area contributed by atoms with Crippen LogP contribution in [0.1, 0.15) is 96.8 Å². The van der Waals surface area contributed by atoms with E-state index in [0.29, 0.717) is 19.3 Å². The van der Waals surface area contributed by atoms with Crippen LogP contribution in [0.15, 0.2) is 42.2 Å². The average Bonchev–Trinajstić information content (AvgIpc) is 3.74. The molecule has 1 saturated heterocycles. The number of halogens is 4. The van der Waals surface area contributed by atoms with E-state index in [1.54, 1.807) is 0 Å². The third kappa shape index (κ3) is 9.63. The standard InChI is InChI=1S/C32H45Br4O6P/c1-8-31(9-2,18-23-19-40-23)41-29-27(35)14-21(15-28(29)36)30(5,6)20-12-25(33)24(26(34)13-20)16-22(37)17-32(10-3,11-4)42-43(7,38)39/h12-15,22-23,37H,8-11,16-19H2,1-7H3,(H,38,39). The first-order chi connectivity index (χ1) is 19.9. The molecule has 3 atom stereocenters. The molecule has 2 aromatic rings. The smallest absolute Gasteiger partial charge is 0.325 e. The van der Waals surface area contributed by atoms with Crippen molar-refractivity contribution in [2.45, 2.75) is 115 Å². The predicted octanol–water partition coefficient (Wildman–Crippen LogP) is 10.5. The maximum atomic E-state index is 12.1. The predicted molar refractivity (Wildman–Crippen MR) is 189 cm³/mol. The van der Waals surface area contributed by atoms with Crippen molar-refractivity contribution in [3.05, 3.63) is 58.8 Å². The molecule has 0 aromatic heterocycles. The molecule has 0 amide bonds. The lowest BCUT2D eigenvalue weighted by Gasteiger charge is -2.35. The minimum Gasteiger partial charge on any atom is -0.485 e. The van der Waals surface area contributed by atoms with E-state index in [9.17, 15) is 14.6 Å². The summed E-state index contributed by atoms with van der Waals surface area (Å²) in [5.41, 5.74) is 1.61. The molecule has 43 heavy (non-hydrogen) atoms. The van der Waals surface area contributed by atoms with Gasteiger partial charge in [0.25, 0.3) is 0 Å². The Kier molecular flexibility index (Phi) is 13.1. The number of hydrogen-bond acceptors (Lipinski definition) is 5. The third-order valence-corrected chi connectivity index (χ3v) is 12.2. The number of epoxide rings is 1. The van der Waals surface area contributed by atoms with Gasteiger partial charge in [0.2, 0.25) is 0 Å². The zero-order chi connectivity index (χ0) is 32.4. The molecule has 0 aliphatic carbocycles. The van der Waals surface area contributed by atoms with Crippen molar-refractivity contribution in [1.29, 1.82) is 0 Å². The van der Waals surface area contributed by atoms with Crippen LogP contribution in [-0.2, 0) is 25.7 Å². The van der Waals surface area contributed by atoms with Gasteiger partial charge in [0, 0.05) is 40.3 Å². The first kappa shape index (κ1) is 37.7. The first-order valence-electron chi connectivity index (χ1n) is 14.9. The number of rotatable bonds is 16. The molecule has 1 heterocycles. The molecular formula is C32H45Br4O6P. The van der Waals surface area contributed by atoms with E-state index in [2.05, 4.69) is 116 Å². The minimum atomic E-state index is -3.71. The van der Waals surface area contributed by atoms with Crippen LogP contribution in [0.3, 0.4) is 0 Å². The fourth-order valence-electron chi connectivity index (χ4n) is 5.69. The Labute approximate surface area is 291 Å². The molecule has 0 bridgehead atoms. The zero-order valence-corrected chi connectivity index (χ0v) is 33.3. The van der Waals surface area contributed by atoms with Crippen molar-refractivity contribution in [3.63, 3.8) is 0 Å². The molecule has 3 rings (SSSR count). The van der Waals surface area contributed by atoms with Gasteiger partial charge in [-0.05, 0) is 98.5 Å². The van der Waals surface area contributed by atoms with E-state index in [-0.39, 0.29) is 23.5 Å². The Hall–Kier alpha value is 0.230. The van der Waals surface area contributed by atoms with Crippen LogP contribution in [0.4, 0.5) is 0 Å². The second-order valence-corrected chi connectivity index (χ2v) is 17.5. The Morgan fingerprint density at radius 1 is 0.907 bits per heavy atom. The molecule has 0 spiro atoms. The van der Waals surface area contributed by atoms with Crippen LogP contribution in [0.2, 0.25) is 0 Å². The highest BCUT2D eigenvalue weighted by Crippen LogP contribution is 2.47. The summed E-state index contributed by atoms with van der Waals surface area (Å²) in [4.78, 5) is 9.88. The summed E-state index contributed by atoms with van der Waals surface area (Å²) in [5.74, 6) is 0.801. The van der Waals surface area contributed by atoms with Gasteiger partial charge >= 0.3 is 7.60 Å². The van der Waals surface area contributed by atoms with Crippen molar-refractivity contribution in [2.75, 3.05) is 13.3 Å². The molecule has 0 radical (unpaired) electrons. The van der Waals surface area contributed by atoms with Crippen LogP contribution in [0, 0.1) is 0 Å². The molecule has 0 saturated carbocycles. The van der Waals surface area contributed by atoms with E-state index in [1.165, 1.54) is 6.66 Å². The van der Waals surface area contributed by atoms with Crippen LogP contribution in [0.5, 0.6) is 5.75 Å². The van der Waals surface area contributed by atoms with Gasteiger partial charge in [-0.25, -0.2) is 0 Å². The number of aliphatic hydroxyl groups excluding tert-OH is 1. The molecular weight excluding hydrogens is 831 g/mol. The Bertz CT molecular complexity index is 1270. The summed E-state index contributed by atoms with van der Waals surface area (Å²) >= 11 is 15.1. The SMILES string of the molecule is CCC(CC)(CC1CO1)Oc1c(Br)cc(C(C)(C)c2cc(Br)c(CC(O)CC(CC)(CC)OP(C)(=O)O)c(Br)c2)cc1Br. The third-order valence-electron chi connectivity index (χ3n) is 8.89. The second kappa shape index (κ2) is 15.0. The van der Waals surface area contributed by atoms with Gasteiger partial charge in [-0.3, -0.25) is 4.57 Å². The molecule has 1 aliphatic heterocycles. The first-order valence-corrected chi connectivity index (χ1v) is 20.1. The quantitative estimate of drug-likeness (QED) is 0.129. The van der Waals surface area contributed by atoms with Crippen LogP contribution in [-0.4, -0.2) is 46.7 Å². The van der Waals surface area contributed by atoms with Gasteiger partial charge in [-0.15, -0.1) is 0 Å². The second-order valence-electron chi connectivity index (χ2n) is 12.3. The summed E-state index contributed by atoms with van der Waals surface area (Å²) in [6, 6.07) is 8.47. The number of hydrogen-bond donors (Lipinski definition) is 2. The average molecular weight is 876 g/mol. The van der Waals surface area contributed by atoms with E-state index in [1.807, 2.05) is 13.8 Å². The van der Waals surface area contributed by atoms with Crippen molar-refractivity contribution in [3.8, 4) is 5.75 Å².